The normalized spacial score (nSPS) is 13.0. The lowest BCUT2D eigenvalue weighted by atomic mass is 10.2. The molecule has 1 aromatic carbocycles. The molecular weight excluding hydrogens is 590 g/mol. The van der Waals surface area contributed by atoms with Gasteiger partial charge in [0.25, 0.3) is 0 Å². The number of benzene rings is 1. The maximum atomic E-state index is 13.2. The van der Waals surface area contributed by atoms with Gasteiger partial charge in [-0.15, -0.1) is 0 Å². The number of carbonyl (C=O) groups excluding carboxylic acids is 1. The molecule has 0 aromatic heterocycles. The summed E-state index contributed by atoms with van der Waals surface area (Å²) in [5, 5.41) is 3.82. The zero-order chi connectivity index (χ0) is 18.9. The van der Waals surface area contributed by atoms with E-state index in [1.165, 1.54) is 12.1 Å². The summed E-state index contributed by atoms with van der Waals surface area (Å²) in [5.74, 6) is -6.37. The third-order valence-corrected chi connectivity index (χ3v) is 5.24. The van der Waals surface area contributed by atoms with Gasteiger partial charge < -0.3 is 9.84 Å². The maximum Gasteiger partial charge on any atom is 0.431 e. The Morgan fingerprint density at radius 1 is 1.17 bits per heavy atom. The minimum atomic E-state index is -6.33. The quantitative estimate of drug-likeness (QED) is 0.226. The predicted molar refractivity (Wildman–Crippen MR) is 89.9 cm³/mol. The van der Waals surface area contributed by atoms with Gasteiger partial charge in [-0.25, -0.2) is 4.79 Å². The lowest BCUT2D eigenvalue weighted by molar-refractivity contribution is -0.168. The van der Waals surface area contributed by atoms with Gasteiger partial charge in [0.05, 0.1) is 25.7 Å². The number of hydrogen-bond donors (Lipinski definition) is 2. The predicted octanol–water partition coefficient (Wildman–Crippen LogP) is 3.26. The fraction of sp³-hybridized carbons (Fsp3) is 0.364. The second kappa shape index (κ2) is 7.45. The maximum absolute atomic E-state index is 13.2. The molecule has 2 N–H and O–H groups in total. The number of phenols is 1. The van der Waals surface area contributed by atoms with Gasteiger partial charge in [-0.05, 0) is 57.3 Å². The van der Waals surface area contributed by atoms with Crippen molar-refractivity contribution in [1.82, 2.24) is 0 Å². The van der Waals surface area contributed by atoms with Crippen molar-refractivity contribution >= 4 is 61.3 Å². The van der Waals surface area contributed by atoms with E-state index < -0.39 is 40.3 Å². The number of carbonyl (C=O) groups is 1. The van der Waals surface area contributed by atoms with E-state index in [1.807, 2.05) is 0 Å². The van der Waals surface area contributed by atoms with Crippen molar-refractivity contribution in [2.45, 2.75) is 17.6 Å². The number of halogens is 6. The minimum absolute atomic E-state index is 0.105. The van der Waals surface area contributed by atoms with Gasteiger partial charge in [0.2, 0.25) is 0 Å². The van der Waals surface area contributed by atoms with Gasteiger partial charge in [0, 0.05) is 0 Å². The molecule has 0 radical (unpaired) electrons. The van der Waals surface area contributed by atoms with Crippen LogP contribution in [0.2, 0.25) is 0 Å². The standard InChI is InChI=1S/C11H8F4I2O6S/c12-10(13,11(14,15)24(20,21)22)1-2-23-9(19)5-3-6(16)8(18)7(17)4-5/h3-4,18H,1-2H2,(H,20,21,22). The topological polar surface area (TPSA) is 101 Å². The first kappa shape index (κ1) is 21.6. The Bertz CT molecular complexity index is 730. The summed E-state index contributed by atoms with van der Waals surface area (Å²) in [6.45, 7) is -1.22. The first-order chi connectivity index (χ1) is 10.7. The van der Waals surface area contributed by atoms with Crippen LogP contribution in [0.25, 0.3) is 0 Å². The molecule has 0 aliphatic heterocycles. The molecule has 0 heterocycles. The number of hydrogen-bond acceptors (Lipinski definition) is 5. The van der Waals surface area contributed by atoms with Crippen LogP contribution in [0.1, 0.15) is 16.8 Å². The largest absolute Gasteiger partial charge is 0.506 e. The molecule has 24 heavy (non-hydrogen) atoms. The smallest absolute Gasteiger partial charge is 0.431 e. The Balaban J connectivity index is 2.79. The van der Waals surface area contributed by atoms with Crippen molar-refractivity contribution in [2.75, 3.05) is 6.61 Å². The highest BCUT2D eigenvalue weighted by Crippen LogP contribution is 2.40. The Labute approximate surface area is 160 Å². The Morgan fingerprint density at radius 3 is 2.04 bits per heavy atom. The van der Waals surface area contributed by atoms with Gasteiger partial charge >= 0.3 is 27.3 Å². The van der Waals surface area contributed by atoms with Gasteiger partial charge in [-0.3, -0.25) is 4.55 Å². The SMILES string of the molecule is O=C(OCCC(F)(F)C(F)(F)S(=O)(=O)O)c1cc(I)c(O)c(I)c1. The molecule has 0 aliphatic carbocycles. The summed E-state index contributed by atoms with van der Waals surface area (Å²) < 4.78 is 86.1. The van der Waals surface area contributed by atoms with Crippen LogP contribution in [-0.4, -0.2) is 41.8 Å². The molecule has 6 nitrogen and oxygen atoms in total. The van der Waals surface area contributed by atoms with E-state index in [4.69, 9.17) is 4.55 Å². The lowest BCUT2D eigenvalue weighted by Crippen LogP contribution is -2.47. The fourth-order valence-corrected chi connectivity index (χ4v) is 3.62. The number of phenolic OH excluding ortho intramolecular Hbond substituents is 1. The van der Waals surface area contributed by atoms with E-state index in [2.05, 4.69) is 4.74 Å². The Hall–Kier alpha value is -0.420. The van der Waals surface area contributed by atoms with Crippen LogP contribution in [0.15, 0.2) is 12.1 Å². The molecule has 0 amide bonds. The number of esters is 1. The van der Waals surface area contributed by atoms with Crippen molar-refractivity contribution < 1.29 is 45.2 Å². The molecule has 0 aliphatic rings. The van der Waals surface area contributed by atoms with E-state index in [-0.39, 0.29) is 18.5 Å². The number of alkyl halides is 4. The number of rotatable bonds is 6. The summed E-state index contributed by atoms with van der Waals surface area (Å²) >= 11 is 3.40. The first-order valence-corrected chi connectivity index (χ1v) is 9.38. The van der Waals surface area contributed by atoms with Crippen molar-refractivity contribution in [3.8, 4) is 5.75 Å². The molecule has 136 valence electrons. The molecule has 0 atom stereocenters. The van der Waals surface area contributed by atoms with Crippen molar-refractivity contribution in [1.29, 1.82) is 0 Å². The van der Waals surface area contributed by atoms with E-state index in [0.29, 0.717) is 0 Å². The van der Waals surface area contributed by atoms with Crippen molar-refractivity contribution in [2.24, 2.45) is 0 Å². The van der Waals surface area contributed by atoms with Crippen LogP contribution in [0.4, 0.5) is 17.6 Å². The van der Waals surface area contributed by atoms with Crippen LogP contribution in [0.3, 0.4) is 0 Å². The Kier molecular flexibility index (Phi) is 6.71. The van der Waals surface area contributed by atoms with Gasteiger partial charge in [-0.2, -0.15) is 26.0 Å². The van der Waals surface area contributed by atoms with Gasteiger partial charge in [0.15, 0.2) is 0 Å². The molecule has 1 rings (SSSR count). The highest BCUT2D eigenvalue weighted by molar-refractivity contribution is 14.1. The lowest BCUT2D eigenvalue weighted by Gasteiger charge is -2.23. The summed E-state index contributed by atoms with van der Waals surface area (Å²) in [6.07, 6.45) is -1.82. The van der Waals surface area contributed by atoms with Crippen LogP contribution in [0, 0.1) is 7.14 Å². The van der Waals surface area contributed by atoms with E-state index in [1.54, 1.807) is 45.2 Å². The molecule has 0 saturated heterocycles. The highest BCUT2D eigenvalue weighted by atomic mass is 127. The van der Waals surface area contributed by atoms with Crippen LogP contribution in [-0.2, 0) is 14.9 Å². The summed E-state index contributed by atoms with van der Waals surface area (Å²) in [7, 11) is -6.33. The monoisotopic (exact) mass is 598 g/mol. The third-order valence-electron chi connectivity index (χ3n) is 2.65. The van der Waals surface area contributed by atoms with E-state index >= 15 is 0 Å². The zero-order valence-electron chi connectivity index (χ0n) is 11.3. The minimum Gasteiger partial charge on any atom is -0.506 e. The van der Waals surface area contributed by atoms with Crippen LogP contribution < -0.4 is 0 Å². The first-order valence-electron chi connectivity index (χ1n) is 5.78. The van der Waals surface area contributed by atoms with Gasteiger partial charge in [-0.1, -0.05) is 0 Å². The molecule has 0 unspecified atom stereocenters. The van der Waals surface area contributed by atoms with E-state index in [0.717, 1.165) is 0 Å². The molecule has 0 spiro atoms. The molecule has 0 bridgehead atoms. The molecule has 0 saturated carbocycles. The second-order valence-corrected chi connectivity index (χ2v) is 8.16. The molecule has 13 heteroatoms. The molecule has 1 aromatic rings. The average Bonchev–Trinajstić information content (AvgIpc) is 2.42. The van der Waals surface area contributed by atoms with Crippen LogP contribution in [0.5, 0.6) is 5.75 Å². The summed E-state index contributed by atoms with van der Waals surface area (Å²) in [6, 6.07) is 2.37. The van der Waals surface area contributed by atoms with Gasteiger partial charge in [0.1, 0.15) is 5.75 Å². The molecular formula is C11H8F4I2O6S. The third kappa shape index (κ3) is 4.60. The second-order valence-electron chi connectivity index (χ2n) is 4.37. The van der Waals surface area contributed by atoms with Crippen LogP contribution >= 0.6 is 45.2 Å². The zero-order valence-corrected chi connectivity index (χ0v) is 16.4. The number of ether oxygens (including phenoxy) is 1. The van der Waals surface area contributed by atoms with E-state index in [9.17, 15) is 35.9 Å². The highest BCUT2D eigenvalue weighted by Gasteiger charge is 2.65. The summed E-state index contributed by atoms with van der Waals surface area (Å²) in [4.78, 5) is 11.7. The summed E-state index contributed by atoms with van der Waals surface area (Å²) in [5.41, 5.74) is -0.119. The van der Waals surface area contributed by atoms with Crippen molar-refractivity contribution in [3.63, 3.8) is 0 Å². The average molecular weight is 598 g/mol. The fourth-order valence-electron chi connectivity index (χ4n) is 1.37. The molecule has 0 fully saturated rings. The van der Waals surface area contributed by atoms with Crippen molar-refractivity contribution in [3.05, 3.63) is 24.8 Å². The Morgan fingerprint density at radius 2 is 1.62 bits per heavy atom. The number of aromatic hydroxyl groups is 1.